The van der Waals surface area contributed by atoms with Gasteiger partial charge in [-0.05, 0) is 11.0 Å². The summed E-state index contributed by atoms with van der Waals surface area (Å²) in [6, 6.07) is 0. The Hall–Kier alpha value is 0.0200. The van der Waals surface area contributed by atoms with E-state index in [2.05, 4.69) is 4.52 Å². The van der Waals surface area contributed by atoms with Crippen molar-refractivity contribution in [1.29, 1.82) is 0 Å². The van der Waals surface area contributed by atoms with Crippen molar-refractivity contribution >= 4 is 8.03 Å². The zero-order valence-electron chi connectivity index (χ0n) is 5.13. The van der Waals surface area contributed by atoms with E-state index < -0.39 is 8.03 Å². The molecule has 0 radical (unpaired) electrons. The van der Waals surface area contributed by atoms with Crippen molar-refractivity contribution in [1.82, 2.24) is 0 Å². The van der Waals surface area contributed by atoms with Gasteiger partial charge in [0.05, 0.1) is 0 Å². The molecule has 0 aliphatic rings. The van der Waals surface area contributed by atoms with Crippen molar-refractivity contribution in [2.45, 2.75) is 19.6 Å². The highest BCUT2D eigenvalue weighted by atomic mass is 31.1. The second kappa shape index (κ2) is 3.96. The van der Waals surface area contributed by atoms with Gasteiger partial charge in [0.15, 0.2) is 12.9 Å². The zero-order chi connectivity index (χ0) is 6.57. The Morgan fingerprint density at radius 1 is 1.88 bits per heavy atom. The molecule has 3 nitrogen and oxygen atoms in total. The summed E-state index contributed by atoms with van der Waals surface area (Å²) >= 11 is 0. The number of rotatable bonds is 3. The molecular weight excluding hydrogens is 125 g/mol. The van der Waals surface area contributed by atoms with Crippen LogP contribution in [0.4, 0.5) is 0 Å². The molecule has 0 aliphatic heterocycles. The first-order chi connectivity index (χ1) is 3.66. The first-order valence-electron chi connectivity index (χ1n) is 2.50. The summed E-state index contributed by atoms with van der Waals surface area (Å²) in [5, 5.41) is 0. The standard InChI is InChI=1S/C4H11NO2P/c1-3-4(5)7-8(2)6/h4H,3,5H2,1-2H3/q+1. The van der Waals surface area contributed by atoms with E-state index in [0.29, 0.717) is 6.42 Å². The summed E-state index contributed by atoms with van der Waals surface area (Å²) in [6.07, 6.45) is 0.346. The van der Waals surface area contributed by atoms with Gasteiger partial charge in [0.25, 0.3) is 0 Å². The van der Waals surface area contributed by atoms with Gasteiger partial charge in [-0.1, -0.05) is 6.92 Å². The molecule has 0 fully saturated rings. The molecule has 2 atom stereocenters. The van der Waals surface area contributed by atoms with Gasteiger partial charge < -0.3 is 5.73 Å². The Kier molecular flexibility index (Phi) is 3.97. The lowest BCUT2D eigenvalue weighted by molar-refractivity contribution is 0.220. The molecule has 0 aromatic rings. The quantitative estimate of drug-likeness (QED) is 0.466. The average Bonchev–Trinajstić information content (AvgIpc) is 1.65. The Morgan fingerprint density at radius 3 is 2.50 bits per heavy atom. The molecule has 0 bridgehead atoms. The molecule has 0 aromatic carbocycles. The molecule has 0 aliphatic carbocycles. The summed E-state index contributed by atoms with van der Waals surface area (Å²) in [6.45, 7) is 3.37. The van der Waals surface area contributed by atoms with E-state index in [0.717, 1.165) is 0 Å². The van der Waals surface area contributed by atoms with E-state index in [4.69, 9.17) is 5.73 Å². The van der Waals surface area contributed by atoms with Gasteiger partial charge in [0.2, 0.25) is 0 Å². The fraction of sp³-hybridized carbons (Fsp3) is 1.00. The minimum absolute atomic E-state index is 0.358. The van der Waals surface area contributed by atoms with Crippen LogP contribution in [0.15, 0.2) is 0 Å². The smallest absolute Gasteiger partial charge is 0.302 e. The van der Waals surface area contributed by atoms with E-state index in [1.165, 1.54) is 6.66 Å². The lowest BCUT2D eigenvalue weighted by Gasteiger charge is -1.95. The summed E-state index contributed by atoms with van der Waals surface area (Å²) < 4.78 is 14.9. The van der Waals surface area contributed by atoms with E-state index in [1.54, 1.807) is 0 Å². The van der Waals surface area contributed by atoms with Gasteiger partial charge in [0, 0.05) is 0 Å². The minimum atomic E-state index is -1.52. The second-order valence-corrected chi connectivity index (χ2v) is 2.58. The molecule has 0 heterocycles. The van der Waals surface area contributed by atoms with Gasteiger partial charge in [0.1, 0.15) is 0 Å². The molecule has 0 aromatic heterocycles. The van der Waals surface area contributed by atoms with Crippen molar-refractivity contribution in [3.63, 3.8) is 0 Å². The van der Waals surface area contributed by atoms with Crippen molar-refractivity contribution in [3.8, 4) is 0 Å². The molecule has 0 rings (SSSR count). The molecule has 48 valence electrons. The molecule has 4 heteroatoms. The normalized spacial score (nSPS) is 15.6. The largest absolute Gasteiger partial charge is 0.506 e. The maximum absolute atomic E-state index is 10.3. The maximum Gasteiger partial charge on any atom is 0.506 e. The SMILES string of the molecule is CCC(N)O[P+](C)=O. The Bertz CT molecular complexity index is 86.1. The molecular formula is C4H11NO2P+. The van der Waals surface area contributed by atoms with Gasteiger partial charge in [-0.15, -0.1) is 4.52 Å². The van der Waals surface area contributed by atoms with Gasteiger partial charge in [-0.2, -0.15) is 0 Å². The highest BCUT2D eigenvalue weighted by Gasteiger charge is 2.11. The Balaban J connectivity index is 3.24. The molecule has 0 amide bonds. The highest BCUT2D eigenvalue weighted by molar-refractivity contribution is 7.38. The fourth-order valence-electron chi connectivity index (χ4n) is 0.265. The van der Waals surface area contributed by atoms with Crippen LogP contribution in [-0.2, 0) is 9.09 Å². The van der Waals surface area contributed by atoms with Gasteiger partial charge in [-0.25, -0.2) is 0 Å². The molecule has 2 unspecified atom stereocenters. The van der Waals surface area contributed by atoms with E-state index in [9.17, 15) is 4.57 Å². The van der Waals surface area contributed by atoms with Crippen LogP contribution in [0.1, 0.15) is 13.3 Å². The van der Waals surface area contributed by atoms with Crippen LogP contribution in [0.25, 0.3) is 0 Å². The Morgan fingerprint density at radius 2 is 2.38 bits per heavy atom. The minimum Gasteiger partial charge on any atom is -0.302 e. The average molecular weight is 136 g/mol. The van der Waals surface area contributed by atoms with Gasteiger partial charge in [-0.3, -0.25) is 0 Å². The van der Waals surface area contributed by atoms with Gasteiger partial charge >= 0.3 is 8.03 Å². The Labute approximate surface area is 50.1 Å². The van der Waals surface area contributed by atoms with Crippen molar-refractivity contribution in [2.75, 3.05) is 6.66 Å². The van der Waals surface area contributed by atoms with Crippen LogP contribution in [0.2, 0.25) is 0 Å². The molecule has 0 saturated heterocycles. The van der Waals surface area contributed by atoms with Crippen molar-refractivity contribution < 1.29 is 9.09 Å². The van der Waals surface area contributed by atoms with Crippen LogP contribution < -0.4 is 5.73 Å². The van der Waals surface area contributed by atoms with E-state index in [-0.39, 0.29) is 6.23 Å². The van der Waals surface area contributed by atoms with Crippen LogP contribution in [0.5, 0.6) is 0 Å². The molecule has 2 N–H and O–H groups in total. The van der Waals surface area contributed by atoms with E-state index >= 15 is 0 Å². The van der Waals surface area contributed by atoms with Crippen LogP contribution in [0, 0.1) is 0 Å². The first-order valence-corrected chi connectivity index (χ1v) is 4.12. The molecule has 0 spiro atoms. The highest BCUT2D eigenvalue weighted by Crippen LogP contribution is 2.17. The van der Waals surface area contributed by atoms with Crippen LogP contribution >= 0.6 is 8.03 Å². The summed E-state index contributed by atoms with van der Waals surface area (Å²) in [7, 11) is -1.52. The molecule has 0 saturated carbocycles. The summed E-state index contributed by atoms with van der Waals surface area (Å²) in [5.74, 6) is 0. The zero-order valence-corrected chi connectivity index (χ0v) is 6.02. The van der Waals surface area contributed by atoms with Crippen molar-refractivity contribution in [2.24, 2.45) is 5.73 Å². The number of hydrogen-bond acceptors (Lipinski definition) is 3. The van der Waals surface area contributed by atoms with Crippen LogP contribution in [-0.4, -0.2) is 12.9 Å². The molecule has 8 heavy (non-hydrogen) atoms. The van der Waals surface area contributed by atoms with E-state index in [1.807, 2.05) is 6.92 Å². The number of hydrogen-bond donors (Lipinski definition) is 1. The maximum atomic E-state index is 10.3. The third kappa shape index (κ3) is 4.19. The predicted octanol–water partition coefficient (Wildman–Crippen LogP) is 1.07. The predicted molar refractivity (Wildman–Crippen MR) is 32.9 cm³/mol. The lowest BCUT2D eigenvalue weighted by Crippen LogP contribution is -2.18. The summed E-state index contributed by atoms with van der Waals surface area (Å²) in [4.78, 5) is 0. The van der Waals surface area contributed by atoms with Crippen molar-refractivity contribution in [3.05, 3.63) is 0 Å². The van der Waals surface area contributed by atoms with Crippen LogP contribution in [0.3, 0.4) is 0 Å². The first kappa shape index (κ1) is 8.02. The third-order valence-corrected chi connectivity index (χ3v) is 1.25. The fourth-order valence-corrected chi connectivity index (χ4v) is 0.796. The monoisotopic (exact) mass is 136 g/mol. The lowest BCUT2D eigenvalue weighted by atomic mass is 10.5. The second-order valence-electron chi connectivity index (χ2n) is 1.49. The topological polar surface area (TPSA) is 52.3 Å². The number of nitrogens with two attached hydrogens (primary N) is 1. The third-order valence-electron chi connectivity index (χ3n) is 0.686. The summed E-state index contributed by atoms with van der Waals surface area (Å²) in [5.41, 5.74) is 5.27.